The lowest BCUT2D eigenvalue weighted by Gasteiger charge is -2.47. The summed E-state index contributed by atoms with van der Waals surface area (Å²) in [6.45, 7) is 8.34. The molecule has 2 unspecified atom stereocenters. The normalized spacial score (nSPS) is 26.4. The summed E-state index contributed by atoms with van der Waals surface area (Å²) < 4.78 is 1.12. The Morgan fingerprint density at radius 2 is 2.00 bits per heavy atom. The van der Waals surface area contributed by atoms with Gasteiger partial charge in [-0.2, -0.15) is 0 Å². The standard InChI is InChI=1S/C21H27IN2O3/c1-13-12-14(22)7-8-16(13)23-17(25)6-5-11-24-18(26)15-9-10-21(4,19(24)27)20(15,2)3/h7-8,12,15H,5-6,9-11H2,1-4H3,(H,23,25). The first kappa shape index (κ1) is 20.3. The third-order valence-corrected chi connectivity index (χ3v) is 7.43. The second kappa shape index (κ2) is 7.18. The molecule has 1 aliphatic heterocycles. The molecular weight excluding hydrogens is 455 g/mol. The van der Waals surface area contributed by atoms with E-state index in [4.69, 9.17) is 0 Å². The molecule has 1 N–H and O–H groups in total. The molecule has 27 heavy (non-hydrogen) atoms. The van der Waals surface area contributed by atoms with Crippen LogP contribution >= 0.6 is 22.6 Å². The van der Waals surface area contributed by atoms with Crippen LogP contribution in [0.25, 0.3) is 0 Å². The maximum absolute atomic E-state index is 13.0. The number of rotatable bonds is 5. The molecule has 2 aliphatic rings. The molecule has 0 radical (unpaired) electrons. The Labute approximate surface area is 174 Å². The molecule has 2 atom stereocenters. The predicted octanol–water partition coefficient (Wildman–Crippen LogP) is 4.13. The monoisotopic (exact) mass is 482 g/mol. The number of piperidine rings is 1. The van der Waals surface area contributed by atoms with Crippen molar-refractivity contribution in [3.05, 3.63) is 27.3 Å². The van der Waals surface area contributed by atoms with E-state index in [0.717, 1.165) is 27.7 Å². The van der Waals surface area contributed by atoms with Crippen molar-refractivity contribution in [3.8, 4) is 0 Å². The number of likely N-dealkylation sites (tertiary alicyclic amines) is 1. The molecule has 1 aromatic rings. The third kappa shape index (κ3) is 3.41. The van der Waals surface area contributed by atoms with Crippen molar-refractivity contribution in [1.29, 1.82) is 0 Å². The van der Waals surface area contributed by atoms with Gasteiger partial charge in [0.25, 0.3) is 0 Å². The second-order valence-electron chi connectivity index (χ2n) is 8.55. The Kier molecular flexibility index (Phi) is 5.40. The van der Waals surface area contributed by atoms with E-state index >= 15 is 0 Å². The van der Waals surface area contributed by atoms with Crippen LogP contribution in [0.5, 0.6) is 0 Å². The van der Waals surface area contributed by atoms with E-state index in [9.17, 15) is 14.4 Å². The van der Waals surface area contributed by atoms with Crippen molar-refractivity contribution >= 4 is 46.0 Å². The van der Waals surface area contributed by atoms with E-state index < -0.39 is 5.41 Å². The van der Waals surface area contributed by atoms with Crippen LogP contribution in [0.1, 0.15) is 52.0 Å². The van der Waals surface area contributed by atoms with Crippen molar-refractivity contribution in [1.82, 2.24) is 4.90 Å². The molecule has 1 aliphatic carbocycles. The summed E-state index contributed by atoms with van der Waals surface area (Å²) in [6, 6.07) is 5.86. The van der Waals surface area contributed by atoms with Crippen molar-refractivity contribution in [3.63, 3.8) is 0 Å². The van der Waals surface area contributed by atoms with Crippen LogP contribution in [0, 0.1) is 27.2 Å². The van der Waals surface area contributed by atoms with Crippen molar-refractivity contribution in [2.75, 3.05) is 11.9 Å². The van der Waals surface area contributed by atoms with E-state index in [-0.39, 0.29) is 35.5 Å². The van der Waals surface area contributed by atoms with Crippen LogP contribution in [0.3, 0.4) is 0 Å². The highest BCUT2D eigenvalue weighted by Gasteiger charge is 2.64. The lowest BCUT2D eigenvalue weighted by molar-refractivity contribution is -0.168. The number of nitrogens with zero attached hydrogens (tertiary/aromatic N) is 1. The lowest BCUT2D eigenvalue weighted by Crippen LogP contribution is -2.59. The predicted molar refractivity (Wildman–Crippen MR) is 113 cm³/mol. The minimum absolute atomic E-state index is 0.0612. The summed E-state index contributed by atoms with van der Waals surface area (Å²) >= 11 is 2.24. The first-order valence-corrected chi connectivity index (χ1v) is 10.6. The van der Waals surface area contributed by atoms with Crippen LogP contribution in [-0.4, -0.2) is 29.2 Å². The topological polar surface area (TPSA) is 66.5 Å². The molecule has 6 heteroatoms. The average molecular weight is 482 g/mol. The van der Waals surface area contributed by atoms with Gasteiger partial charge >= 0.3 is 0 Å². The Hall–Kier alpha value is -1.44. The molecule has 1 saturated heterocycles. The molecular formula is C21H27IN2O3. The Bertz CT molecular complexity index is 805. The highest BCUT2D eigenvalue weighted by molar-refractivity contribution is 14.1. The highest BCUT2D eigenvalue weighted by Crippen LogP contribution is 2.60. The smallest absolute Gasteiger partial charge is 0.235 e. The Balaban J connectivity index is 1.58. The number of hydrogen-bond donors (Lipinski definition) is 1. The second-order valence-corrected chi connectivity index (χ2v) is 9.80. The van der Waals surface area contributed by atoms with Gasteiger partial charge in [-0.1, -0.05) is 20.8 Å². The molecule has 1 saturated carbocycles. The number of benzene rings is 1. The van der Waals surface area contributed by atoms with Gasteiger partial charge in [-0.15, -0.1) is 0 Å². The number of imide groups is 1. The largest absolute Gasteiger partial charge is 0.326 e. The maximum Gasteiger partial charge on any atom is 0.235 e. The fourth-order valence-corrected chi connectivity index (χ4v) is 5.14. The number of hydrogen-bond acceptors (Lipinski definition) is 3. The number of fused-ring (bicyclic) bond motifs is 2. The van der Waals surface area contributed by atoms with Crippen LogP contribution in [0.15, 0.2) is 18.2 Å². The quantitative estimate of drug-likeness (QED) is 0.507. The molecule has 3 amide bonds. The van der Waals surface area contributed by atoms with E-state index in [1.165, 1.54) is 4.90 Å². The Morgan fingerprint density at radius 1 is 1.30 bits per heavy atom. The van der Waals surface area contributed by atoms with Gasteiger partial charge < -0.3 is 5.32 Å². The Morgan fingerprint density at radius 3 is 2.67 bits per heavy atom. The number of nitrogens with one attached hydrogen (secondary N) is 1. The fourth-order valence-electron chi connectivity index (χ4n) is 4.49. The zero-order chi connectivity index (χ0) is 20.0. The number of carbonyl (C=O) groups excluding carboxylic acids is 3. The average Bonchev–Trinajstić information content (AvgIpc) is 2.77. The lowest BCUT2D eigenvalue weighted by atomic mass is 9.62. The SMILES string of the molecule is Cc1cc(I)ccc1NC(=O)CCCN1C(=O)C2CCC(C)(C1=O)C2(C)C. The first-order valence-electron chi connectivity index (χ1n) is 9.50. The minimum Gasteiger partial charge on any atom is -0.326 e. The molecule has 2 bridgehead atoms. The summed E-state index contributed by atoms with van der Waals surface area (Å²) in [6.07, 6.45) is 2.30. The van der Waals surface area contributed by atoms with Crippen molar-refractivity contribution < 1.29 is 14.4 Å². The van der Waals surface area contributed by atoms with Crippen LogP contribution in [0.4, 0.5) is 5.69 Å². The van der Waals surface area contributed by atoms with Gasteiger partial charge in [0.2, 0.25) is 17.7 Å². The van der Waals surface area contributed by atoms with Gasteiger partial charge in [0.1, 0.15) is 0 Å². The number of amides is 3. The number of aryl methyl sites for hydroxylation is 1. The number of anilines is 1. The van der Waals surface area contributed by atoms with Gasteiger partial charge in [-0.25, -0.2) is 0 Å². The summed E-state index contributed by atoms with van der Waals surface area (Å²) in [5.41, 5.74) is 1.05. The summed E-state index contributed by atoms with van der Waals surface area (Å²) in [4.78, 5) is 39.4. The first-order chi connectivity index (χ1) is 12.6. The van der Waals surface area contributed by atoms with Gasteiger partial charge in [-0.3, -0.25) is 19.3 Å². The number of halogens is 1. The molecule has 0 aromatic heterocycles. The van der Waals surface area contributed by atoms with E-state index in [1.54, 1.807) is 0 Å². The van der Waals surface area contributed by atoms with Gasteiger partial charge in [-0.05, 0) is 78.0 Å². The minimum atomic E-state index is -0.480. The third-order valence-electron chi connectivity index (χ3n) is 6.76. The zero-order valence-corrected chi connectivity index (χ0v) is 18.6. The number of carbonyl (C=O) groups is 3. The van der Waals surface area contributed by atoms with Gasteiger partial charge in [0.05, 0.1) is 5.41 Å². The highest BCUT2D eigenvalue weighted by atomic mass is 127. The molecule has 1 aromatic carbocycles. The van der Waals surface area contributed by atoms with E-state index in [1.807, 2.05) is 45.9 Å². The molecule has 5 nitrogen and oxygen atoms in total. The summed E-state index contributed by atoms with van der Waals surface area (Å²) in [5, 5.41) is 2.92. The van der Waals surface area contributed by atoms with Crippen LogP contribution < -0.4 is 5.32 Å². The summed E-state index contributed by atoms with van der Waals surface area (Å²) in [5.74, 6) is -0.316. The van der Waals surface area contributed by atoms with Gasteiger partial charge in [0.15, 0.2) is 0 Å². The van der Waals surface area contributed by atoms with E-state index in [2.05, 4.69) is 27.9 Å². The van der Waals surface area contributed by atoms with Crippen molar-refractivity contribution in [2.24, 2.45) is 16.7 Å². The molecule has 3 rings (SSSR count). The van der Waals surface area contributed by atoms with Crippen LogP contribution in [0.2, 0.25) is 0 Å². The molecule has 146 valence electrons. The fraction of sp³-hybridized carbons (Fsp3) is 0.571. The molecule has 2 fully saturated rings. The van der Waals surface area contributed by atoms with Crippen LogP contribution in [-0.2, 0) is 14.4 Å². The maximum atomic E-state index is 13.0. The van der Waals surface area contributed by atoms with Crippen molar-refractivity contribution in [2.45, 2.75) is 53.4 Å². The molecule has 1 heterocycles. The summed E-state index contributed by atoms with van der Waals surface area (Å²) in [7, 11) is 0. The zero-order valence-electron chi connectivity index (χ0n) is 16.4. The molecule has 0 spiro atoms. The van der Waals surface area contributed by atoms with E-state index in [0.29, 0.717) is 13.0 Å². The van der Waals surface area contributed by atoms with Gasteiger partial charge in [0, 0.05) is 28.1 Å².